The molecule has 0 radical (unpaired) electrons. The molecule has 0 unspecified atom stereocenters. The Morgan fingerprint density at radius 2 is 2.10 bits per heavy atom. The van der Waals surface area contributed by atoms with Crippen LogP contribution in [0.2, 0.25) is 0 Å². The van der Waals surface area contributed by atoms with Gasteiger partial charge in [-0.05, 0) is 54.4 Å². The molecule has 20 heavy (non-hydrogen) atoms. The average Bonchev–Trinajstić information content (AvgIpc) is 2.37. The van der Waals surface area contributed by atoms with Gasteiger partial charge in [-0.2, -0.15) is 0 Å². The molecule has 0 bridgehead atoms. The molecule has 1 rings (SSSR count). The third kappa shape index (κ3) is 6.24. The summed E-state index contributed by atoms with van der Waals surface area (Å²) >= 11 is 7.00. The van der Waals surface area contributed by atoms with Crippen LogP contribution < -0.4 is 15.8 Å². The SMILES string of the molecule is CCOc1c(Br)cc(Br)cc1CNCCCCC(N)=O. The highest BCUT2D eigenvalue weighted by Crippen LogP contribution is 2.32. The van der Waals surface area contributed by atoms with Crippen molar-refractivity contribution >= 4 is 37.8 Å². The minimum atomic E-state index is -0.237. The van der Waals surface area contributed by atoms with Crippen molar-refractivity contribution in [3.05, 3.63) is 26.6 Å². The smallest absolute Gasteiger partial charge is 0.217 e. The molecule has 0 aliphatic heterocycles. The van der Waals surface area contributed by atoms with E-state index in [9.17, 15) is 4.79 Å². The molecule has 0 heterocycles. The Morgan fingerprint density at radius 1 is 1.35 bits per heavy atom. The molecule has 1 aromatic carbocycles. The Labute approximate surface area is 136 Å². The highest BCUT2D eigenvalue weighted by atomic mass is 79.9. The highest BCUT2D eigenvalue weighted by molar-refractivity contribution is 9.11. The fraction of sp³-hybridized carbons (Fsp3) is 0.500. The number of carbonyl (C=O) groups is 1. The molecular formula is C14H20Br2N2O2. The number of benzene rings is 1. The lowest BCUT2D eigenvalue weighted by Crippen LogP contribution is -2.17. The maximum absolute atomic E-state index is 10.6. The normalized spacial score (nSPS) is 10.6. The van der Waals surface area contributed by atoms with Gasteiger partial charge in [-0.15, -0.1) is 0 Å². The van der Waals surface area contributed by atoms with E-state index in [1.165, 1.54) is 0 Å². The van der Waals surface area contributed by atoms with Gasteiger partial charge in [0.15, 0.2) is 0 Å². The van der Waals surface area contributed by atoms with Crippen molar-refractivity contribution in [2.45, 2.75) is 32.7 Å². The zero-order chi connectivity index (χ0) is 15.0. The van der Waals surface area contributed by atoms with Crippen LogP contribution in [-0.4, -0.2) is 19.1 Å². The summed E-state index contributed by atoms with van der Waals surface area (Å²) in [4.78, 5) is 10.6. The molecule has 0 atom stereocenters. The molecule has 0 saturated carbocycles. The van der Waals surface area contributed by atoms with Crippen molar-refractivity contribution in [3.8, 4) is 5.75 Å². The minimum absolute atomic E-state index is 0.237. The fourth-order valence-corrected chi connectivity index (χ4v) is 3.25. The van der Waals surface area contributed by atoms with Crippen LogP contribution in [0.3, 0.4) is 0 Å². The van der Waals surface area contributed by atoms with Crippen LogP contribution in [0.15, 0.2) is 21.1 Å². The lowest BCUT2D eigenvalue weighted by atomic mass is 10.2. The number of hydrogen-bond acceptors (Lipinski definition) is 3. The lowest BCUT2D eigenvalue weighted by Gasteiger charge is -2.13. The van der Waals surface area contributed by atoms with E-state index in [2.05, 4.69) is 37.2 Å². The molecule has 0 saturated heterocycles. The lowest BCUT2D eigenvalue weighted by molar-refractivity contribution is -0.118. The van der Waals surface area contributed by atoms with Gasteiger partial charge in [-0.3, -0.25) is 4.79 Å². The van der Waals surface area contributed by atoms with Crippen molar-refractivity contribution in [2.24, 2.45) is 5.73 Å². The Morgan fingerprint density at radius 3 is 2.75 bits per heavy atom. The van der Waals surface area contributed by atoms with E-state index in [1.807, 2.05) is 19.1 Å². The Bertz CT molecular complexity index is 453. The van der Waals surface area contributed by atoms with Crippen molar-refractivity contribution < 1.29 is 9.53 Å². The summed E-state index contributed by atoms with van der Waals surface area (Å²) in [5.41, 5.74) is 6.20. The first-order valence-electron chi connectivity index (χ1n) is 6.64. The topological polar surface area (TPSA) is 64.3 Å². The first-order chi connectivity index (χ1) is 9.54. The van der Waals surface area contributed by atoms with Crippen LogP contribution in [0.5, 0.6) is 5.75 Å². The van der Waals surface area contributed by atoms with Crippen LogP contribution in [0.4, 0.5) is 0 Å². The summed E-state index contributed by atoms with van der Waals surface area (Å²) in [5.74, 6) is 0.639. The van der Waals surface area contributed by atoms with Gasteiger partial charge in [-0.25, -0.2) is 0 Å². The minimum Gasteiger partial charge on any atom is -0.492 e. The predicted octanol–water partition coefficient (Wildman–Crippen LogP) is 3.36. The average molecular weight is 408 g/mol. The number of amides is 1. The number of unbranched alkanes of at least 4 members (excludes halogenated alkanes) is 1. The van der Waals surface area contributed by atoms with Gasteiger partial charge in [0.25, 0.3) is 0 Å². The van der Waals surface area contributed by atoms with Gasteiger partial charge < -0.3 is 15.8 Å². The van der Waals surface area contributed by atoms with Crippen LogP contribution in [0.25, 0.3) is 0 Å². The Hall–Kier alpha value is -0.590. The molecule has 0 aromatic heterocycles. The van der Waals surface area contributed by atoms with Crippen LogP contribution in [0.1, 0.15) is 31.7 Å². The molecule has 0 spiro atoms. The van der Waals surface area contributed by atoms with Gasteiger partial charge in [0, 0.05) is 23.0 Å². The Kier molecular flexibility index (Phi) is 8.18. The van der Waals surface area contributed by atoms with Gasteiger partial charge in [0.2, 0.25) is 5.91 Å². The van der Waals surface area contributed by atoms with Gasteiger partial charge in [-0.1, -0.05) is 15.9 Å². The van der Waals surface area contributed by atoms with Gasteiger partial charge >= 0.3 is 0 Å². The molecular weight excluding hydrogens is 388 g/mol. The van der Waals surface area contributed by atoms with E-state index in [0.717, 1.165) is 46.2 Å². The molecule has 4 nitrogen and oxygen atoms in total. The largest absolute Gasteiger partial charge is 0.492 e. The number of rotatable bonds is 9. The molecule has 112 valence electrons. The monoisotopic (exact) mass is 406 g/mol. The number of carbonyl (C=O) groups excluding carboxylic acids is 1. The number of hydrogen-bond donors (Lipinski definition) is 2. The number of nitrogens with one attached hydrogen (secondary N) is 1. The molecule has 1 amide bonds. The Balaban J connectivity index is 2.48. The molecule has 1 aromatic rings. The van der Waals surface area contributed by atoms with Crippen molar-refractivity contribution in [3.63, 3.8) is 0 Å². The van der Waals surface area contributed by atoms with Crippen LogP contribution in [-0.2, 0) is 11.3 Å². The maximum Gasteiger partial charge on any atom is 0.217 e. The predicted molar refractivity (Wildman–Crippen MR) is 87.8 cm³/mol. The van der Waals surface area contributed by atoms with E-state index >= 15 is 0 Å². The van der Waals surface area contributed by atoms with E-state index in [-0.39, 0.29) is 5.91 Å². The zero-order valence-electron chi connectivity index (χ0n) is 11.5. The second-order valence-electron chi connectivity index (χ2n) is 4.41. The summed E-state index contributed by atoms with van der Waals surface area (Å²) in [5, 5.41) is 3.35. The molecule has 0 aliphatic rings. The van der Waals surface area contributed by atoms with Crippen LogP contribution >= 0.6 is 31.9 Å². The summed E-state index contributed by atoms with van der Waals surface area (Å²) in [6.07, 6.45) is 2.21. The number of nitrogens with two attached hydrogens (primary N) is 1. The van der Waals surface area contributed by atoms with E-state index in [0.29, 0.717) is 13.0 Å². The van der Waals surface area contributed by atoms with Crippen molar-refractivity contribution in [1.82, 2.24) is 5.32 Å². The summed E-state index contributed by atoms with van der Waals surface area (Å²) in [6, 6.07) is 4.02. The van der Waals surface area contributed by atoms with E-state index < -0.39 is 0 Å². The first kappa shape index (κ1) is 17.5. The van der Waals surface area contributed by atoms with Crippen molar-refractivity contribution in [1.29, 1.82) is 0 Å². The van der Waals surface area contributed by atoms with E-state index in [1.54, 1.807) is 0 Å². The summed E-state index contributed by atoms with van der Waals surface area (Å²) < 4.78 is 7.62. The molecule has 0 fully saturated rings. The number of primary amides is 1. The van der Waals surface area contributed by atoms with Gasteiger partial charge in [0.1, 0.15) is 5.75 Å². The second kappa shape index (κ2) is 9.37. The number of halogens is 2. The third-order valence-electron chi connectivity index (χ3n) is 2.72. The van der Waals surface area contributed by atoms with E-state index in [4.69, 9.17) is 10.5 Å². The third-order valence-corrected chi connectivity index (χ3v) is 3.76. The van der Waals surface area contributed by atoms with Crippen LogP contribution in [0, 0.1) is 0 Å². The maximum atomic E-state index is 10.6. The highest BCUT2D eigenvalue weighted by Gasteiger charge is 2.09. The zero-order valence-corrected chi connectivity index (χ0v) is 14.7. The molecule has 3 N–H and O–H groups in total. The molecule has 6 heteroatoms. The second-order valence-corrected chi connectivity index (χ2v) is 6.18. The number of ether oxygens (including phenoxy) is 1. The van der Waals surface area contributed by atoms with Crippen molar-refractivity contribution in [2.75, 3.05) is 13.2 Å². The van der Waals surface area contributed by atoms with Gasteiger partial charge in [0.05, 0.1) is 11.1 Å². The fourth-order valence-electron chi connectivity index (χ4n) is 1.82. The summed E-state index contributed by atoms with van der Waals surface area (Å²) in [6.45, 7) is 4.17. The quantitative estimate of drug-likeness (QED) is 0.617. The first-order valence-corrected chi connectivity index (χ1v) is 8.23. The molecule has 0 aliphatic carbocycles. The standard InChI is InChI=1S/C14H20Br2N2O2/c1-2-20-14-10(7-11(15)8-12(14)16)9-18-6-4-3-5-13(17)19/h7-8,18H,2-6,9H2,1H3,(H2,17,19). The summed E-state index contributed by atoms with van der Waals surface area (Å²) in [7, 11) is 0.